The summed E-state index contributed by atoms with van der Waals surface area (Å²) in [6.07, 6.45) is -1.37. The highest BCUT2D eigenvalue weighted by molar-refractivity contribution is 6.00. The van der Waals surface area contributed by atoms with Gasteiger partial charge in [0.05, 0.1) is 5.56 Å². The summed E-state index contributed by atoms with van der Waals surface area (Å²) >= 11 is 0. The summed E-state index contributed by atoms with van der Waals surface area (Å²) in [6.45, 7) is 4.48. The van der Waals surface area contributed by atoms with Crippen LogP contribution >= 0.6 is 0 Å². The number of phenols is 1. The van der Waals surface area contributed by atoms with Crippen LogP contribution in [0.5, 0.6) is 5.75 Å². The quantitative estimate of drug-likeness (QED) is 0.502. The number of halogens is 3. The maximum absolute atomic E-state index is 12.9. The number of aromatic hydroxyl groups is 1. The van der Waals surface area contributed by atoms with Gasteiger partial charge in [-0.15, -0.1) is 10.2 Å². The Balaban J connectivity index is 0.00000114. The molecule has 0 radical (unpaired) electrons. The second-order valence-corrected chi connectivity index (χ2v) is 7.71. The van der Waals surface area contributed by atoms with E-state index >= 15 is 0 Å². The summed E-state index contributed by atoms with van der Waals surface area (Å²) < 4.78 is 38.7. The number of aromatic nitrogens is 3. The Hall–Kier alpha value is -3.47. The minimum Gasteiger partial charge on any atom is -0.507 e. The fourth-order valence-electron chi connectivity index (χ4n) is 2.69. The summed E-state index contributed by atoms with van der Waals surface area (Å²) in [7, 11) is 3.95. The zero-order valence-corrected chi connectivity index (χ0v) is 18.0. The molecule has 0 bridgehead atoms. The second kappa shape index (κ2) is 9.77. The Kier molecular flexibility index (Phi) is 7.57. The molecule has 0 aliphatic rings. The number of phenolic OH excluding ortho intramolecular Hbond substituents is 1. The topological polar surface area (TPSA) is 111 Å². The Morgan fingerprint density at radius 2 is 1.78 bits per heavy atom. The largest absolute Gasteiger partial charge is 0.507 e. The van der Waals surface area contributed by atoms with E-state index in [1.165, 1.54) is 6.07 Å². The summed E-state index contributed by atoms with van der Waals surface area (Å²) in [6, 6.07) is 4.49. The molecule has 0 saturated heterocycles. The van der Waals surface area contributed by atoms with Crippen molar-refractivity contribution in [3.8, 4) is 17.0 Å². The Morgan fingerprint density at radius 1 is 1.12 bits per heavy atom. The molecule has 2 heterocycles. The normalized spacial score (nSPS) is 11.8. The number of fused-ring (bicyclic) bond motifs is 1. The third-order valence-corrected chi connectivity index (χ3v) is 5.06. The standard InChI is InChI=1S/C20H22F3N5O.CH2O2/c1-19(2,28(3)4)11-25-18-15-10-24-8-7-13(15)17(26-27-18)14-6-5-12(9-16(14)29)20(21,22)23;2-1-3/h5-10,29H,11H2,1-4H3,(H,25,27);1H,(H,2,3). The van der Waals surface area contributed by atoms with Crippen molar-refractivity contribution in [2.75, 3.05) is 26.0 Å². The van der Waals surface area contributed by atoms with Crippen molar-refractivity contribution in [2.45, 2.75) is 25.6 Å². The van der Waals surface area contributed by atoms with Gasteiger partial charge in [-0.25, -0.2) is 0 Å². The van der Waals surface area contributed by atoms with Crippen LogP contribution in [0.1, 0.15) is 19.4 Å². The van der Waals surface area contributed by atoms with E-state index in [9.17, 15) is 18.3 Å². The number of anilines is 1. The molecule has 0 saturated carbocycles. The van der Waals surface area contributed by atoms with Crippen molar-refractivity contribution in [1.82, 2.24) is 20.1 Å². The fourth-order valence-corrected chi connectivity index (χ4v) is 2.69. The lowest BCUT2D eigenvalue weighted by Crippen LogP contribution is -2.44. The highest BCUT2D eigenvalue weighted by atomic mass is 19.4. The Morgan fingerprint density at radius 3 is 2.34 bits per heavy atom. The monoisotopic (exact) mass is 451 g/mol. The van der Waals surface area contributed by atoms with Crippen molar-refractivity contribution in [3.63, 3.8) is 0 Å². The average molecular weight is 451 g/mol. The van der Waals surface area contributed by atoms with Crippen LogP contribution in [0.2, 0.25) is 0 Å². The van der Waals surface area contributed by atoms with Crippen LogP contribution in [0.25, 0.3) is 22.0 Å². The van der Waals surface area contributed by atoms with Crippen LogP contribution in [-0.2, 0) is 11.0 Å². The van der Waals surface area contributed by atoms with Gasteiger partial charge in [0.15, 0.2) is 5.82 Å². The van der Waals surface area contributed by atoms with Gasteiger partial charge in [-0.2, -0.15) is 13.2 Å². The number of hydrogen-bond donors (Lipinski definition) is 3. The molecule has 3 rings (SSSR count). The van der Waals surface area contributed by atoms with Gasteiger partial charge in [-0.3, -0.25) is 9.78 Å². The van der Waals surface area contributed by atoms with Gasteiger partial charge in [0.25, 0.3) is 6.47 Å². The molecule has 1 aromatic carbocycles. The van der Waals surface area contributed by atoms with Crippen molar-refractivity contribution < 1.29 is 28.2 Å². The van der Waals surface area contributed by atoms with Gasteiger partial charge in [0, 0.05) is 40.8 Å². The lowest BCUT2D eigenvalue weighted by Gasteiger charge is -2.32. The number of carboxylic acid groups (broad SMARTS) is 1. The van der Waals surface area contributed by atoms with Crippen molar-refractivity contribution in [2.24, 2.45) is 0 Å². The SMILES string of the molecule is CN(C)C(C)(C)CNc1nnc(-c2ccc(C(F)(F)F)cc2O)c2ccncc12.O=CO. The van der Waals surface area contributed by atoms with E-state index in [0.717, 1.165) is 6.07 Å². The zero-order valence-electron chi connectivity index (χ0n) is 18.0. The molecule has 3 N–H and O–H groups in total. The van der Waals surface area contributed by atoms with Crippen molar-refractivity contribution in [3.05, 3.63) is 42.2 Å². The molecular formula is C21H24F3N5O3. The molecule has 3 aromatic rings. The maximum atomic E-state index is 12.9. The molecular weight excluding hydrogens is 427 g/mol. The predicted molar refractivity (Wildman–Crippen MR) is 114 cm³/mol. The molecule has 0 spiro atoms. The van der Waals surface area contributed by atoms with Gasteiger partial charge in [0.1, 0.15) is 11.4 Å². The molecule has 11 heteroatoms. The first-order chi connectivity index (χ1) is 14.9. The van der Waals surface area contributed by atoms with Gasteiger partial charge < -0.3 is 20.4 Å². The first kappa shape index (κ1) is 24.8. The Labute approximate surface area is 182 Å². The van der Waals surface area contributed by atoms with Crippen LogP contribution in [0, 0.1) is 0 Å². The van der Waals surface area contributed by atoms with E-state index in [0.29, 0.717) is 29.2 Å². The lowest BCUT2D eigenvalue weighted by molar-refractivity contribution is -0.137. The van der Waals surface area contributed by atoms with Crippen LogP contribution in [0.4, 0.5) is 19.0 Å². The summed E-state index contributed by atoms with van der Waals surface area (Å²) in [5.41, 5.74) is -0.629. The number of pyridine rings is 1. The van der Waals surface area contributed by atoms with E-state index in [4.69, 9.17) is 9.90 Å². The highest BCUT2D eigenvalue weighted by Gasteiger charge is 2.31. The third kappa shape index (κ3) is 5.61. The van der Waals surface area contributed by atoms with Crippen molar-refractivity contribution in [1.29, 1.82) is 0 Å². The number of hydrogen-bond acceptors (Lipinski definition) is 7. The highest BCUT2D eigenvalue weighted by Crippen LogP contribution is 2.38. The van der Waals surface area contributed by atoms with Crippen LogP contribution in [0.15, 0.2) is 36.7 Å². The Bertz CT molecular complexity index is 1090. The first-order valence-corrected chi connectivity index (χ1v) is 9.42. The van der Waals surface area contributed by atoms with E-state index in [1.54, 1.807) is 18.5 Å². The molecule has 2 aromatic heterocycles. The minimum atomic E-state index is -4.54. The molecule has 8 nitrogen and oxygen atoms in total. The molecule has 172 valence electrons. The average Bonchev–Trinajstić information content (AvgIpc) is 2.72. The molecule has 0 aliphatic heterocycles. The number of alkyl halides is 3. The summed E-state index contributed by atoms with van der Waals surface area (Å²) in [4.78, 5) is 14.6. The maximum Gasteiger partial charge on any atom is 0.416 e. The molecule has 32 heavy (non-hydrogen) atoms. The minimum absolute atomic E-state index is 0.152. The number of benzene rings is 1. The van der Waals surface area contributed by atoms with E-state index < -0.39 is 17.5 Å². The summed E-state index contributed by atoms with van der Waals surface area (Å²) in [5.74, 6) is -0.000126. The van der Waals surface area contributed by atoms with Gasteiger partial charge in [-0.1, -0.05) is 0 Å². The lowest BCUT2D eigenvalue weighted by atomic mass is 10.0. The molecule has 0 unspecified atom stereocenters. The number of nitrogens with one attached hydrogen (secondary N) is 1. The number of nitrogens with zero attached hydrogens (tertiary/aromatic N) is 4. The van der Waals surface area contributed by atoms with E-state index in [1.807, 2.05) is 14.1 Å². The molecule has 0 atom stereocenters. The number of rotatable bonds is 5. The zero-order chi connectivity index (χ0) is 24.1. The van der Waals surface area contributed by atoms with E-state index in [-0.39, 0.29) is 23.3 Å². The summed E-state index contributed by atoms with van der Waals surface area (Å²) in [5, 5.41) is 30.0. The van der Waals surface area contributed by atoms with Crippen LogP contribution < -0.4 is 5.32 Å². The fraction of sp³-hybridized carbons (Fsp3) is 0.333. The first-order valence-electron chi connectivity index (χ1n) is 9.42. The van der Waals surface area contributed by atoms with E-state index in [2.05, 4.69) is 39.2 Å². The predicted octanol–water partition coefficient (Wildman–Crippen LogP) is 3.87. The number of carbonyl (C=O) groups is 1. The van der Waals surface area contributed by atoms with Gasteiger partial charge in [0.2, 0.25) is 0 Å². The molecule has 0 amide bonds. The van der Waals surface area contributed by atoms with Crippen molar-refractivity contribution >= 4 is 23.1 Å². The van der Waals surface area contributed by atoms with Crippen LogP contribution in [0.3, 0.4) is 0 Å². The smallest absolute Gasteiger partial charge is 0.416 e. The third-order valence-electron chi connectivity index (χ3n) is 5.06. The van der Waals surface area contributed by atoms with Gasteiger partial charge >= 0.3 is 6.18 Å². The number of likely N-dealkylation sites (N-methyl/N-ethyl adjacent to an activating group) is 1. The molecule has 0 fully saturated rings. The van der Waals surface area contributed by atoms with Crippen LogP contribution in [-0.4, -0.2) is 62.9 Å². The van der Waals surface area contributed by atoms with Gasteiger partial charge in [-0.05, 0) is 52.2 Å². The molecule has 0 aliphatic carbocycles. The second-order valence-electron chi connectivity index (χ2n) is 7.71.